The predicted molar refractivity (Wildman–Crippen MR) is 99.3 cm³/mol. The molecule has 1 aliphatic heterocycles. The van der Waals surface area contributed by atoms with Gasteiger partial charge in [-0.3, -0.25) is 9.59 Å². The third kappa shape index (κ3) is 4.40. The molecule has 0 saturated carbocycles. The number of amides is 2. The first-order valence-electron chi connectivity index (χ1n) is 8.97. The Morgan fingerprint density at radius 3 is 2.48 bits per heavy atom. The van der Waals surface area contributed by atoms with Crippen molar-refractivity contribution in [2.45, 2.75) is 47.1 Å². The van der Waals surface area contributed by atoms with Crippen LogP contribution in [0.4, 0.5) is 5.69 Å². The fraction of sp³-hybridized carbons (Fsp3) is 0.600. The normalized spacial score (nSPS) is 19.4. The number of rotatable bonds is 6. The second-order valence-corrected chi connectivity index (χ2v) is 8.06. The van der Waals surface area contributed by atoms with Gasteiger partial charge in [0.25, 0.3) is 0 Å². The topological polar surface area (TPSA) is 69.6 Å². The van der Waals surface area contributed by atoms with Gasteiger partial charge in [-0.05, 0) is 31.4 Å². The van der Waals surface area contributed by atoms with E-state index in [2.05, 4.69) is 5.32 Å². The molecule has 1 fully saturated rings. The molecule has 2 rings (SSSR count). The maximum atomic E-state index is 12.6. The fourth-order valence-electron chi connectivity index (χ4n) is 3.35. The van der Waals surface area contributed by atoms with Crippen molar-refractivity contribution in [2.75, 3.05) is 18.0 Å². The predicted octanol–water partition coefficient (Wildman–Crippen LogP) is 2.51. The summed E-state index contributed by atoms with van der Waals surface area (Å²) in [6.45, 7) is 10.7. The monoisotopic (exact) mass is 346 g/mol. The molecule has 2 unspecified atom stereocenters. The minimum absolute atomic E-state index is 0.108. The van der Waals surface area contributed by atoms with E-state index >= 15 is 0 Å². The number of benzene rings is 1. The van der Waals surface area contributed by atoms with Crippen molar-refractivity contribution in [3.05, 3.63) is 29.8 Å². The van der Waals surface area contributed by atoms with E-state index in [0.717, 1.165) is 11.3 Å². The highest BCUT2D eigenvalue weighted by Gasteiger charge is 2.38. The summed E-state index contributed by atoms with van der Waals surface area (Å²) in [4.78, 5) is 26.8. The van der Waals surface area contributed by atoms with Crippen molar-refractivity contribution in [1.29, 1.82) is 0 Å². The Hall–Kier alpha value is -1.88. The van der Waals surface area contributed by atoms with Gasteiger partial charge >= 0.3 is 0 Å². The zero-order valence-electron chi connectivity index (χ0n) is 15.9. The molecule has 5 nitrogen and oxygen atoms in total. The van der Waals surface area contributed by atoms with Crippen LogP contribution in [0, 0.1) is 24.2 Å². The lowest BCUT2D eigenvalue weighted by atomic mass is 9.80. The molecule has 1 aliphatic rings. The van der Waals surface area contributed by atoms with Gasteiger partial charge in [-0.25, -0.2) is 0 Å². The van der Waals surface area contributed by atoms with Gasteiger partial charge in [0.1, 0.15) is 5.92 Å². The zero-order valence-corrected chi connectivity index (χ0v) is 15.9. The van der Waals surface area contributed by atoms with Crippen LogP contribution in [0.2, 0.25) is 0 Å². The summed E-state index contributed by atoms with van der Waals surface area (Å²) in [5.41, 5.74) is 1.53. The first-order chi connectivity index (χ1) is 11.6. The Morgan fingerprint density at radius 2 is 1.92 bits per heavy atom. The molecule has 0 aliphatic carbocycles. The first kappa shape index (κ1) is 19.4. The van der Waals surface area contributed by atoms with Crippen molar-refractivity contribution in [3.63, 3.8) is 0 Å². The lowest BCUT2D eigenvalue weighted by Crippen LogP contribution is -2.46. The molecule has 1 heterocycles. The average Bonchev–Trinajstić information content (AvgIpc) is 2.94. The highest BCUT2D eigenvalue weighted by molar-refractivity contribution is 6.09. The highest BCUT2D eigenvalue weighted by Crippen LogP contribution is 2.27. The van der Waals surface area contributed by atoms with E-state index in [1.165, 1.54) is 0 Å². The van der Waals surface area contributed by atoms with Gasteiger partial charge in [0.15, 0.2) is 0 Å². The second kappa shape index (κ2) is 7.56. The zero-order chi connectivity index (χ0) is 18.8. The standard InChI is InChI=1S/C20H30N2O3/c1-13(2)17(23)20(4,5)12-21-18(24)16-10-11-22(19(16)25)15-8-6-14(3)7-9-15/h6-9,13,16-17,23H,10-12H2,1-5H3,(H,21,24). The van der Waals surface area contributed by atoms with Crippen molar-refractivity contribution in [2.24, 2.45) is 17.3 Å². The summed E-state index contributed by atoms with van der Waals surface area (Å²) in [6.07, 6.45) is 0.00208. The molecule has 0 spiro atoms. The van der Waals surface area contributed by atoms with Gasteiger partial charge in [0, 0.05) is 24.2 Å². The van der Waals surface area contributed by atoms with E-state index < -0.39 is 17.4 Å². The largest absolute Gasteiger partial charge is 0.392 e. The van der Waals surface area contributed by atoms with Crippen LogP contribution >= 0.6 is 0 Å². The van der Waals surface area contributed by atoms with Crippen LogP contribution in [0.25, 0.3) is 0 Å². The number of hydrogen-bond acceptors (Lipinski definition) is 3. The summed E-state index contributed by atoms with van der Waals surface area (Å²) >= 11 is 0. The van der Waals surface area contributed by atoms with E-state index in [1.807, 2.05) is 58.9 Å². The molecular formula is C20H30N2O3. The lowest BCUT2D eigenvalue weighted by Gasteiger charge is -2.33. The lowest BCUT2D eigenvalue weighted by molar-refractivity contribution is -0.132. The molecule has 5 heteroatoms. The fourth-order valence-corrected chi connectivity index (χ4v) is 3.35. The van der Waals surface area contributed by atoms with Crippen LogP contribution in [0.1, 0.15) is 39.7 Å². The molecular weight excluding hydrogens is 316 g/mol. The molecule has 25 heavy (non-hydrogen) atoms. The summed E-state index contributed by atoms with van der Waals surface area (Å²) in [7, 11) is 0. The van der Waals surface area contributed by atoms with Crippen LogP contribution in [0.15, 0.2) is 24.3 Å². The van der Waals surface area contributed by atoms with E-state index in [4.69, 9.17) is 0 Å². The van der Waals surface area contributed by atoms with Gasteiger partial charge in [-0.2, -0.15) is 0 Å². The molecule has 1 aromatic rings. The molecule has 138 valence electrons. The Morgan fingerprint density at radius 1 is 1.32 bits per heavy atom. The van der Waals surface area contributed by atoms with E-state index in [-0.39, 0.29) is 17.7 Å². The SMILES string of the molecule is Cc1ccc(N2CCC(C(=O)NCC(C)(C)C(O)C(C)C)C2=O)cc1. The number of aliphatic hydroxyl groups is 1. The number of carbonyl (C=O) groups excluding carboxylic acids is 2. The van der Waals surface area contributed by atoms with E-state index in [0.29, 0.717) is 19.5 Å². The van der Waals surface area contributed by atoms with Gasteiger partial charge in [0.2, 0.25) is 11.8 Å². The minimum atomic E-state index is -0.645. The summed E-state index contributed by atoms with van der Waals surface area (Å²) in [6, 6.07) is 7.75. The van der Waals surface area contributed by atoms with Crippen molar-refractivity contribution in [1.82, 2.24) is 5.32 Å². The van der Waals surface area contributed by atoms with Crippen LogP contribution in [-0.4, -0.2) is 36.1 Å². The average molecular weight is 346 g/mol. The number of aliphatic hydroxyl groups excluding tert-OH is 1. The molecule has 0 radical (unpaired) electrons. The molecule has 2 N–H and O–H groups in total. The second-order valence-electron chi connectivity index (χ2n) is 8.06. The molecule has 2 atom stereocenters. The molecule has 1 aromatic carbocycles. The Labute approximate surface area is 150 Å². The number of nitrogens with zero attached hydrogens (tertiary/aromatic N) is 1. The quantitative estimate of drug-likeness (QED) is 0.778. The first-order valence-corrected chi connectivity index (χ1v) is 8.97. The van der Waals surface area contributed by atoms with Gasteiger partial charge in [-0.1, -0.05) is 45.4 Å². The van der Waals surface area contributed by atoms with Crippen LogP contribution < -0.4 is 10.2 Å². The van der Waals surface area contributed by atoms with E-state index in [9.17, 15) is 14.7 Å². The third-order valence-electron chi connectivity index (χ3n) is 5.02. The molecule has 0 aromatic heterocycles. The van der Waals surface area contributed by atoms with Crippen molar-refractivity contribution >= 4 is 17.5 Å². The molecule has 1 saturated heterocycles. The van der Waals surface area contributed by atoms with Crippen molar-refractivity contribution in [3.8, 4) is 0 Å². The third-order valence-corrected chi connectivity index (χ3v) is 5.02. The van der Waals surface area contributed by atoms with Gasteiger partial charge in [-0.15, -0.1) is 0 Å². The van der Waals surface area contributed by atoms with Gasteiger partial charge < -0.3 is 15.3 Å². The summed E-state index contributed by atoms with van der Waals surface area (Å²) < 4.78 is 0. The number of carbonyl (C=O) groups is 2. The maximum absolute atomic E-state index is 12.6. The Kier molecular flexibility index (Phi) is 5.88. The smallest absolute Gasteiger partial charge is 0.239 e. The van der Waals surface area contributed by atoms with Crippen molar-refractivity contribution < 1.29 is 14.7 Å². The van der Waals surface area contributed by atoms with Crippen LogP contribution in [-0.2, 0) is 9.59 Å². The van der Waals surface area contributed by atoms with E-state index in [1.54, 1.807) is 4.90 Å². The Bertz CT molecular complexity index is 622. The summed E-state index contributed by atoms with van der Waals surface area (Å²) in [5.74, 6) is -0.933. The van der Waals surface area contributed by atoms with Crippen LogP contribution in [0.5, 0.6) is 0 Å². The maximum Gasteiger partial charge on any atom is 0.239 e. The number of anilines is 1. The molecule has 0 bridgehead atoms. The molecule has 2 amide bonds. The van der Waals surface area contributed by atoms with Gasteiger partial charge in [0.05, 0.1) is 6.10 Å². The Balaban J connectivity index is 1.97. The van der Waals surface area contributed by atoms with Crippen LogP contribution in [0.3, 0.4) is 0 Å². The minimum Gasteiger partial charge on any atom is -0.392 e. The number of aryl methyl sites for hydroxylation is 1. The highest BCUT2D eigenvalue weighted by atomic mass is 16.3. The number of hydrogen-bond donors (Lipinski definition) is 2. The summed E-state index contributed by atoms with van der Waals surface area (Å²) in [5, 5.41) is 13.1. The number of nitrogens with one attached hydrogen (secondary N) is 1.